The Hall–Kier alpha value is -2.53. The van der Waals surface area contributed by atoms with E-state index in [1.54, 1.807) is 14.2 Å². The molecular weight excluding hydrogens is 352 g/mol. The number of carbonyl (C=O) groups excluding carboxylic acids is 1. The SMILES string of the molecule is COc1ccc([C@@H]2CCCN2CC(=O)N(c2ccccc2)C(C)C)cc1OC. The Bertz CT molecular complexity index is 792. The van der Waals surface area contributed by atoms with Crippen molar-refractivity contribution in [1.82, 2.24) is 4.90 Å². The van der Waals surface area contributed by atoms with Crippen LogP contribution in [0, 0.1) is 0 Å². The first kappa shape index (κ1) is 20.2. The van der Waals surface area contributed by atoms with Crippen LogP contribution in [0.5, 0.6) is 11.5 Å². The molecule has 0 aromatic heterocycles. The Morgan fingerprint density at radius 1 is 1.11 bits per heavy atom. The van der Waals surface area contributed by atoms with Crippen molar-refractivity contribution < 1.29 is 14.3 Å². The molecule has 0 N–H and O–H groups in total. The van der Waals surface area contributed by atoms with Crippen LogP contribution in [0.4, 0.5) is 5.69 Å². The zero-order valence-corrected chi connectivity index (χ0v) is 17.2. The number of hydrogen-bond acceptors (Lipinski definition) is 4. The van der Waals surface area contributed by atoms with Crippen molar-refractivity contribution in [2.45, 2.75) is 38.8 Å². The van der Waals surface area contributed by atoms with Gasteiger partial charge in [-0.25, -0.2) is 0 Å². The third kappa shape index (κ3) is 4.30. The van der Waals surface area contributed by atoms with Gasteiger partial charge in [0, 0.05) is 17.8 Å². The lowest BCUT2D eigenvalue weighted by atomic mass is 10.0. The summed E-state index contributed by atoms with van der Waals surface area (Å²) in [4.78, 5) is 17.4. The average molecular weight is 383 g/mol. The Labute approximate surface area is 167 Å². The van der Waals surface area contributed by atoms with Gasteiger partial charge in [0.1, 0.15) is 0 Å². The first-order chi connectivity index (χ1) is 13.5. The molecule has 1 saturated heterocycles. The topological polar surface area (TPSA) is 42.0 Å². The van der Waals surface area contributed by atoms with Gasteiger partial charge in [-0.15, -0.1) is 0 Å². The van der Waals surface area contributed by atoms with E-state index in [-0.39, 0.29) is 18.0 Å². The van der Waals surface area contributed by atoms with Gasteiger partial charge in [-0.3, -0.25) is 9.69 Å². The molecular formula is C23H30N2O3. The number of carbonyl (C=O) groups is 1. The molecule has 3 rings (SSSR count). The second-order valence-electron chi connectivity index (χ2n) is 7.44. The second-order valence-corrected chi connectivity index (χ2v) is 7.44. The van der Waals surface area contributed by atoms with Gasteiger partial charge >= 0.3 is 0 Å². The van der Waals surface area contributed by atoms with Crippen LogP contribution in [0.2, 0.25) is 0 Å². The van der Waals surface area contributed by atoms with Crippen LogP contribution in [-0.4, -0.2) is 44.2 Å². The molecule has 1 amide bonds. The summed E-state index contributed by atoms with van der Waals surface area (Å²) in [6.45, 7) is 5.44. The minimum atomic E-state index is 0.108. The van der Waals surface area contributed by atoms with Gasteiger partial charge in [-0.05, 0) is 63.1 Å². The van der Waals surface area contributed by atoms with Gasteiger partial charge in [0.25, 0.3) is 0 Å². The van der Waals surface area contributed by atoms with E-state index < -0.39 is 0 Å². The summed E-state index contributed by atoms with van der Waals surface area (Å²) in [5.41, 5.74) is 2.11. The summed E-state index contributed by atoms with van der Waals surface area (Å²) < 4.78 is 10.8. The third-order valence-electron chi connectivity index (χ3n) is 5.31. The predicted molar refractivity (Wildman–Crippen MR) is 112 cm³/mol. The van der Waals surface area contributed by atoms with Crippen molar-refractivity contribution in [3.8, 4) is 11.5 Å². The van der Waals surface area contributed by atoms with Crippen molar-refractivity contribution in [3.05, 3.63) is 54.1 Å². The number of ether oxygens (including phenoxy) is 2. The van der Waals surface area contributed by atoms with Crippen LogP contribution >= 0.6 is 0 Å². The number of para-hydroxylation sites is 1. The first-order valence-corrected chi connectivity index (χ1v) is 9.88. The van der Waals surface area contributed by atoms with Gasteiger partial charge in [0.2, 0.25) is 5.91 Å². The van der Waals surface area contributed by atoms with Gasteiger partial charge in [0.15, 0.2) is 11.5 Å². The molecule has 2 aromatic rings. The van der Waals surface area contributed by atoms with Gasteiger partial charge in [-0.1, -0.05) is 24.3 Å². The average Bonchev–Trinajstić information content (AvgIpc) is 3.16. The van der Waals surface area contributed by atoms with E-state index in [0.717, 1.165) is 36.6 Å². The molecule has 150 valence electrons. The van der Waals surface area contributed by atoms with E-state index in [9.17, 15) is 4.79 Å². The highest BCUT2D eigenvalue weighted by Crippen LogP contribution is 2.37. The van der Waals surface area contributed by atoms with Gasteiger partial charge in [0.05, 0.1) is 20.8 Å². The van der Waals surface area contributed by atoms with Crippen LogP contribution in [0.15, 0.2) is 48.5 Å². The second kappa shape index (κ2) is 9.11. The van der Waals surface area contributed by atoms with E-state index in [1.807, 2.05) is 47.4 Å². The molecule has 5 nitrogen and oxygen atoms in total. The maximum atomic E-state index is 13.2. The molecule has 0 saturated carbocycles. The zero-order chi connectivity index (χ0) is 20.1. The molecule has 0 radical (unpaired) electrons. The molecule has 0 unspecified atom stereocenters. The van der Waals surface area contributed by atoms with Crippen LogP contribution in [0.1, 0.15) is 38.3 Å². The normalized spacial score (nSPS) is 17.0. The highest BCUT2D eigenvalue weighted by Gasteiger charge is 2.30. The molecule has 1 aliphatic heterocycles. The summed E-state index contributed by atoms with van der Waals surface area (Å²) in [5, 5.41) is 0. The zero-order valence-electron chi connectivity index (χ0n) is 17.2. The Kier molecular flexibility index (Phi) is 6.57. The molecule has 0 bridgehead atoms. The lowest BCUT2D eigenvalue weighted by Gasteiger charge is -2.31. The standard InChI is InChI=1S/C23H30N2O3/c1-17(2)25(19-9-6-5-7-10-19)23(26)16-24-14-8-11-20(24)18-12-13-21(27-3)22(15-18)28-4/h5-7,9-10,12-13,15,17,20H,8,11,14,16H2,1-4H3/t20-/m0/s1. The first-order valence-electron chi connectivity index (χ1n) is 9.88. The quantitative estimate of drug-likeness (QED) is 0.717. The van der Waals surface area contributed by atoms with Crippen molar-refractivity contribution in [3.63, 3.8) is 0 Å². The fourth-order valence-corrected chi connectivity index (χ4v) is 4.02. The minimum Gasteiger partial charge on any atom is -0.493 e. The molecule has 5 heteroatoms. The molecule has 28 heavy (non-hydrogen) atoms. The number of amides is 1. The van der Waals surface area contributed by atoms with Crippen molar-refractivity contribution >= 4 is 11.6 Å². The lowest BCUT2D eigenvalue weighted by Crippen LogP contribution is -2.43. The van der Waals surface area contributed by atoms with Gasteiger partial charge < -0.3 is 14.4 Å². The smallest absolute Gasteiger partial charge is 0.241 e. The Morgan fingerprint density at radius 2 is 1.82 bits per heavy atom. The van der Waals surface area contributed by atoms with Crippen LogP contribution in [-0.2, 0) is 4.79 Å². The molecule has 2 aromatic carbocycles. The van der Waals surface area contributed by atoms with Crippen LogP contribution in [0.3, 0.4) is 0 Å². The minimum absolute atomic E-state index is 0.108. The van der Waals surface area contributed by atoms with E-state index in [0.29, 0.717) is 6.54 Å². The van der Waals surface area contributed by atoms with Crippen LogP contribution in [0.25, 0.3) is 0 Å². The fraction of sp³-hybridized carbons (Fsp3) is 0.435. The highest BCUT2D eigenvalue weighted by atomic mass is 16.5. The fourth-order valence-electron chi connectivity index (χ4n) is 4.02. The number of nitrogens with zero attached hydrogens (tertiary/aromatic N) is 2. The van der Waals surface area contributed by atoms with Crippen molar-refractivity contribution in [1.29, 1.82) is 0 Å². The number of benzene rings is 2. The summed E-state index contributed by atoms with van der Waals surface area (Å²) in [7, 11) is 3.29. The summed E-state index contributed by atoms with van der Waals surface area (Å²) in [6, 6.07) is 16.3. The van der Waals surface area contributed by atoms with Crippen molar-refractivity contribution in [2.75, 3.05) is 32.2 Å². The molecule has 1 fully saturated rings. The summed E-state index contributed by atoms with van der Waals surface area (Å²) >= 11 is 0. The molecule has 1 atom stereocenters. The predicted octanol–water partition coefficient (Wildman–Crippen LogP) is 4.28. The van der Waals surface area contributed by atoms with Crippen molar-refractivity contribution in [2.24, 2.45) is 0 Å². The number of likely N-dealkylation sites (tertiary alicyclic amines) is 1. The van der Waals surface area contributed by atoms with E-state index in [2.05, 4.69) is 24.8 Å². The number of rotatable bonds is 7. The number of methoxy groups -OCH3 is 2. The maximum Gasteiger partial charge on any atom is 0.241 e. The summed E-state index contributed by atoms with van der Waals surface area (Å²) in [6.07, 6.45) is 2.12. The number of anilines is 1. The van der Waals surface area contributed by atoms with E-state index in [1.165, 1.54) is 5.56 Å². The Morgan fingerprint density at radius 3 is 2.46 bits per heavy atom. The maximum absolute atomic E-state index is 13.2. The molecule has 0 spiro atoms. The van der Waals surface area contributed by atoms with Gasteiger partial charge in [-0.2, -0.15) is 0 Å². The lowest BCUT2D eigenvalue weighted by molar-refractivity contribution is -0.120. The van der Waals surface area contributed by atoms with E-state index in [4.69, 9.17) is 9.47 Å². The highest BCUT2D eigenvalue weighted by molar-refractivity contribution is 5.95. The van der Waals surface area contributed by atoms with Crippen LogP contribution < -0.4 is 14.4 Å². The molecule has 1 heterocycles. The third-order valence-corrected chi connectivity index (χ3v) is 5.31. The monoisotopic (exact) mass is 382 g/mol. The summed E-state index contributed by atoms with van der Waals surface area (Å²) in [5.74, 6) is 1.58. The molecule has 0 aliphatic carbocycles. The Balaban J connectivity index is 1.78. The van der Waals surface area contributed by atoms with E-state index >= 15 is 0 Å². The molecule has 1 aliphatic rings. The largest absolute Gasteiger partial charge is 0.493 e. The number of hydrogen-bond donors (Lipinski definition) is 0.